The average molecular weight is 275 g/mol. The third-order valence-corrected chi connectivity index (χ3v) is 2.77. The minimum atomic E-state index is -2.37. The molecule has 0 saturated heterocycles. The Kier molecular flexibility index (Phi) is 2.73. The largest absolute Gasteiger partial charge is 0.263 e. The van der Waals surface area contributed by atoms with E-state index in [0.29, 0.717) is 0 Å². The molecule has 15 heavy (non-hydrogen) atoms. The molecule has 0 aliphatic rings. The summed E-state index contributed by atoms with van der Waals surface area (Å²) in [6.45, 7) is 1.45. The van der Waals surface area contributed by atoms with Crippen molar-refractivity contribution >= 4 is 26.8 Å². The Morgan fingerprint density at radius 3 is 2.87 bits per heavy atom. The normalized spacial score (nSPS) is 11.5. The van der Waals surface area contributed by atoms with Crippen LogP contribution in [0.4, 0.5) is 8.78 Å². The topological polar surface area (TPSA) is 17.8 Å². The van der Waals surface area contributed by atoms with Crippen LogP contribution in [0.1, 0.15) is 5.69 Å². The molecule has 0 saturated carbocycles. The molecule has 0 radical (unpaired) electrons. The Morgan fingerprint density at radius 1 is 1.47 bits per heavy atom. The highest BCUT2D eigenvalue weighted by molar-refractivity contribution is 9.10. The highest BCUT2D eigenvalue weighted by atomic mass is 79.9. The Balaban J connectivity index is 2.54. The first-order valence-corrected chi connectivity index (χ1v) is 5.28. The summed E-state index contributed by atoms with van der Waals surface area (Å²) in [5.41, 5.74) is 1.52. The van der Waals surface area contributed by atoms with Crippen molar-refractivity contribution in [2.24, 2.45) is 0 Å². The number of hydrogen-bond acceptors (Lipinski definition) is 1. The fraction of sp³-hybridized carbons (Fsp3) is 0.300. The molecule has 0 unspecified atom stereocenters. The molecule has 1 aromatic carbocycles. The highest BCUT2D eigenvalue weighted by Gasteiger charge is 2.11. The van der Waals surface area contributed by atoms with Crippen molar-refractivity contribution in [3.63, 3.8) is 0 Å². The van der Waals surface area contributed by atoms with E-state index in [1.54, 1.807) is 6.92 Å². The second kappa shape index (κ2) is 3.89. The monoisotopic (exact) mass is 274 g/mol. The van der Waals surface area contributed by atoms with Crippen LogP contribution < -0.4 is 0 Å². The van der Waals surface area contributed by atoms with Crippen molar-refractivity contribution in [2.75, 3.05) is 0 Å². The number of alkyl halides is 2. The van der Waals surface area contributed by atoms with Crippen molar-refractivity contribution < 1.29 is 8.78 Å². The Labute approximate surface area is 94.0 Å². The number of benzene rings is 1. The van der Waals surface area contributed by atoms with Gasteiger partial charge < -0.3 is 0 Å². The molecule has 2 rings (SSSR count). The Hall–Kier alpha value is -0.970. The lowest BCUT2D eigenvalue weighted by molar-refractivity contribution is 0.121. The van der Waals surface area contributed by atoms with E-state index in [9.17, 15) is 8.78 Å². The Bertz CT molecular complexity index is 493. The molecule has 0 atom stereocenters. The number of rotatable bonds is 2. The smallest absolute Gasteiger partial charge is 0.257 e. The lowest BCUT2D eigenvalue weighted by Crippen LogP contribution is -2.09. The standard InChI is InChI=1S/C10H9BrF2N2/c1-6-8-4-7(11)2-3-9(8)14-15(6)5-10(12)13/h2-4,10H,5H2,1H3. The van der Waals surface area contributed by atoms with Crippen LogP contribution in [-0.2, 0) is 6.54 Å². The fourth-order valence-electron chi connectivity index (χ4n) is 1.54. The first-order valence-electron chi connectivity index (χ1n) is 4.49. The molecule has 2 nitrogen and oxygen atoms in total. The minimum Gasteiger partial charge on any atom is -0.263 e. The lowest BCUT2D eigenvalue weighted by Gasteiger charge is -2.01. The van der Waals surface area contributed by atoms with Crippen molar-refractivity contribution in [1.82, 2.24) is 9.78 Å². The SMILES string of the molecule is Cc1c2cc(Br)ccc2nn1CC(F)F. The predicted molar refractivity (Wildman–Crippen MR) is 58.2 cm³/mol. The van der Waals surface area contributed by atoms with Crippen LogP contribution in [0.15, 0.2) is 22.7 Å². The summed E-state index contributed by atoms with van der Waals surface area (Å²) in [5, 5.41) is 5.02. The van der Waals surface area contributed by atoms with Gasteiger partial charge in [-0.3, -0.25) is 4.68 Å². The van der Waals surface area contributed by atoms with E-state index in [4.69, 9.17) is 0 Å². The Morgan fingerprint density at radius 2 is 2.20 bits per heavy atom. The van der Waals surface area contributed by atoms with Crippen LogP contribution in [0.5, 0.6) is 0 Å². The van der Waals surface area contributed by atoms with E-state index in [1.165, 1.54) is 4.68 Å². The highest BCUT2D eigenvalue weighted by Crippen LogP contribution is 2.22. The molecule has 0 aliphatic heterocycles. The summed E-state index contributed by atoms with van der Waals surface area (Å²) in [4.78, 5) is 0. The van der Waals surface area contributed by atoms with Gasteiger partial charge in [-0.1, -0.05) is 15.9 Å². The van der Waals surface area contributed by atoms with Crippen LogP contribution in [-0.4, -0.2) is 16.2 Å². The third kappa shape index (κ3) is 2.02. The van der Waals surface area contributed by atoms with Gasteiger partial charge in [-0.2, -0.15) is 5.10 Å². The molecule has 0 aliphatic carbocycles. The van der Waals surface area contributed by atoms with Crippen LogP contribution >= 0.6 is 15.9 Å². The third-order valence-electron chi connectivity index (χ3n) is 2.27. The minimum absolute atomic E-state index is 0.349. The van der Waals surface area contributed by atoms with Gasteiger partial charge >= 0.3 is 0 Å². The summed E-state index contributed by atoms with van der Waals surface area (Å²) in [6, 6.07) is 5.55. The average Bonchev–Trinajstić information content (AvgIpc) is 2.44. The summed E-state index contributed by atoms with van der Waals surface area (Å²) in [6.07, 6.45) is -2.37. The maximum absolute atomic E-state index is 12.2. The molecule has 1 heterocycles. The van der Waals surface area contributed by atoms with Gasteiger partial charge in [0, 0.05) is 15.6 Å². The molecule has 0 fully saturated rings. The molecular weight excluding hydrogens is 266 g/mol. The maximum atomic E-state index is 12.2. The summed E-state index contributed by atoms with van der Waals surface area (Å²) in [5.74, 6) is 0. The molecule has 0 spiro atoms. The lowest BCUT2D eigenvalue weighted by atomic mass is 10.2. The van der Waals surface area contributed by atoms with Gasteiger partial charge in [0.15, 0.2) is 0 Å². The molecule has 0 N–H and O–H groups in total. The first-order chi connectivity index (χ1) is 7.08. The molecule has 1 aromatic heterocycles. The van der Waals surface area contributed by atoms with Gasteiger partial charge in [-0.05, 0) is 25.1 Å². The van der Waals surface area contributed by atoms with Crippen LogP contribution in [0, 0.1) is 6.92 Å². The van der Waals surface area contributed by atoms with E-state index in [1.807, 2.05) is 18.2 Å². The van der Waals surface area contributed by atoms with Gasteiger partial charge in [0.1, 0.15) is 6.54 Å². The van der Waals surface area contributed by atoms with Crippen molar-refractivity contribution in [1.29, 1.82) is 0 Å². The fourth-order valence-corrected chi connectivity index (χ4v) is 1.90. The number of aryl methyl sites for hydroxylation is 1. The van der Waals surface area contributed by atoms with Gasteiger partial charge in [0.25, 0.3) is 6.43 Å². The second-order valence-corrected chi connectivity index (χ2v) is 4.24. The van der Waals surface area contributed by atoms with Gasteiger partial charge in [-0.25, -0.2) is 8.78 Å². The zero-order valence-electron chi connectivity index (χ0n) is 8.04. The van der Waals surface area contributed by atoms with Crippen LogP contribution in [0.2, 0.25) is 0 Å². The maximum Gasteiger partial charge on any atom is 0.257 e. The first kappa shape index (κ1) is 10.5. The van der Waals surface area contributed by atoms with E-state index in [-0.39, 0.29) is 6.54 Å². The summed E-state index contributed by atoms with van der Waals surface area (Å²) < 4.78 is 26.8. The van der Waals surface area contributed by atoms with Crippen LogP contribution in [0.3, 0.4) is 0 Å². The van der Waals surface area contributed by atoms with Crippen LogP contribution in [0.25, 0.3) is 10.9 Å². The van der Waals surface area contributed by atoms with Crippen molar-refractivity contribution in [3.8, 4) is 0 Å². The molecular formula is C10H9BrF2N2. The second-order valence-electron chi connectivity index (χ2n) is 3.32. The van der Waals surface area contributed by atoms with Gasteiger partial charge in [-0.15, -0.1) is 0 Å². The number of aromatic nitrogens is 2. The molecule has 5 heteroatoms. The van der Waals surface area contributed by atoms with Crippen molar-refractivity contribution in [3.05, 3.63) is 28.4 Å². The summed E-state index contributed by atoms with van der Waals surface area (Å²) in [7, 11) is 0. The van der Waals surface area contributed by atoms with Gasteiger partial charge in [0.05, 0.1) is 5.52 Å². The molecule has 80 valence electrons. The molecule has 0 bridgehead atoms. The zero-order chi connectivity index (χ0) is 11.0. The number of hydrogen-bond donors (Lipinski definition) is 0. The van der Waals surface area contributed by atoms with E-state index < -0.39 is 6.43 Å². The van der Waals surface area contributed by atoms with E-state index in [2.05, 4.69) is 21.0 Å². The number of nitrogens with zero attached hydrogens (tertiary/aromatic N) is 2. The van der Waals surface area contributed by atoms with E-state index in [0.717, 1.165) is 21.1 Å². The molecule has 0 amide bonds. The quantitative estimate of drug-likeness (QED) is 0.821. The van der Waals surface area contributed by atoms with Gasteiger partial charge in [0.2, 0.25) is 0 Å². The van der Waals surface area contributed by atoms with Crippen molar-refractivity contribution in [2.45, 2.75) is 19.9 Å². The molecule has 2 aromatic rings. The zero-order valence-corrected chi connectivity index (χ0v) is 9.63. The predicted octanol–water partition coefficient (Wildman–Crippen LogP) is 3.37. The number of halogens is 3. The number of fused-ring (bicyclic) bond motifs is 1. The summed E-state index contributed by atoms with van der Waals surface area (Å²) >= 11 is 3.34. The van der Waals surface area contributed by atoms with E-state index >= 15 is 0 Å².